The molecule has 2 nitrogen and oxygen atoms in total. The monoisotopic (exact) mass is 320 g/mol. The molecule has 0 saturated heterocycles. The summed E-state index contributed by atoms with van der Waals surface area (Å²) >= 11 is 8.17. The standard InChI is InChI=1S/C17H21ClN2S/c1-19(2)10-5-11-20-14-6-3-4-7-16(14)21-17-9-8-13(18)12-15(17)20/h3-4,6-9,12,14,16H,5,10-11H2,1-2H3. The molecular weight excluding hydrogens is 300 g/mol. The molecule has 2 aliphatic rings. The van der Waals surface area contributed by atoms with Gasteiger partial charge < -0.3 is 9.80 Å². The Bertz CT molecular complexity index is 568. The zero-order valence-corrected chi connectivity index (χ0v) is 14.1. The first kappa shape index (κ1) is 15.0. The minimum Gasteiger partial charge on any atom is -0.363 e. The molecule has 0 bridgehead atoms. The van der Waals surface area contributed by atoms with Crippen LogP contribution in [0.15, 0.2) is 47.4 Å². The lowest BCUT2D eigenvalue weighted by molar-refractivity contribution is 0.398. The van der Waals surface area contributed by atoms with Gasteiger partial charge in [-0.1, -0.05) is 35.9 Å². The highest BCUT2D eigenvalue weighted by Gasteiger charge is 2.32. The fourth-order valence-electron chi connectivity index (χ4n) is 2.91. The summed E-state index contributed by atoms with van der Waals surface area (Å²) in [5.74, 6) is 0. The van der Waals surface area contributed by atoms with Gasteiger partial charge >= 0.3 is 0 Å². The van der Waals surface area contributed by atoms with Crippen LogP contribution in [0.3, 0.4) is 0 Å². The first-order chi connectivity index (χ1) is 10.1. The summed E-state index contributed by atoms with van der Waals surface area (Å²) in [4.78, 5) is 6.10. The summed E-state index contributed by atoms with van der Waals surface area (Å²) < 4.78 is 0. The van der Waals surface area contributed by atoms with Crippen LogP contribution in [0.2, 0.25) is 5.02 Å². The van der Waals surface area contributed by atoms with Gasteiger partial charge in [0, 0.05) is 16.5 Å². The molecule has 0 saturated carbocycles. The summed E-state index contributed by atoms with van der Waals surface area (Å²) in [6.07, 6.45) is 10.1. The molecule has 2 atom stereocenters. The van der Waals surface area contributed by atoms with Gasteiger partial charge in [0.1, 0.15) is 0 Å². The van der Waals surface area contributed by atoms with Crippen molar-refractivity contribution in [3.05, 3.63) is 47.5 Å². The Hall–Kier alpha value is -0.900. The summed E-state index contributed by atoms with van der Waals surface area (Å²) in [7, 11) is 4.26. The number of fused-ring (bicyclic) bond motifs is 2. The maximum Gasteiger partial charge on any atom is 0.0634 e. The number of nitrogens with zero attached hydrogens (tertiary/aromatic N) is 2. The second-order valence-corrected chi connectivity index (χ2v) is 7.46. The van der Waals surface area contributed by atoms with E-state index in [0.29, 0.717) is 11.3 Å². The average Bonchev–Trinajstić information content (AvgIpc) is 2.46. The molecule has 1 aliphatic heterocycles. The Labute approximate surface area is 136 Å². The van der Waals surface area contributed by atoms with Crippen molar-refractivity contribution in [2.75, 3.05) is 32.1 Å². The zero-order chi connectivity index (χ0) is 14.8. The SMILES string of the molecule is CN(C)CCCN1c2cc(Cl)ccc2SC2C=CC=CC21. The van der Waals surface area contributed by atoms with E-state index in [-0.39, 0.29) is 0 Å². The number of allylic oxidation sites excluding steroid dienone is 2. The Morgan fingerprint density at radius 2 is 2.05 bits per heavy atom. The molecule has 3 rings (SSSR count). The summed E-state index contributed by atoms with van der Waals surface area (Å²) in [5.41, 5.74) is 1.28. The molecule has 0 fully saturated rings. The molecule has 1 aromatic carbocycles. The van der Waals surface area contributed by atoms with Gasteiger partial charge in [0.15, 0.2) is 0 Å². The van der Waals surface area contributed by atoms with Gasteiger partial charge in [0.25, 0.3) is 0 Å². The number of halogens is 1. The largest absolute Gasteiger partial charge is 0.363 e. The van der Waals surface area contributed by atoms with Crippen molar-refractivity contribution in [1.82, 2.24) is 4.90 Å². The van der Waals surface area contributed by atoms with Crippen LogP contribution in [0.1, 0.15) is 6.42 Å². The number of hydrogen-bond acceptors (Lipinski definition) is 3. The van der Waals surface area contributed by atoms with Crippen molar-refractivity contribution < 1.29 is 0 Å². The van der Waals surface area contributed by atoms with Crippen molar-refractivity contribution in [1.29, 1.82) is 0 Å². The maximum atomic E-state index is 6.23. The lowest BCUT2D eigenvalue weighted by atomic mass is 10.0. The highest BCUT2D eigenvalue weighted by Crippen LogP contribution is 2.44. The van der Waals surface area contributed by atoms with E-state index < -0.39 is 0 Å². The van der Waals surface area contributed by atoms with Gasteiger partial charge in [-0.3, -0.25) is 0 Å². The Kier molecular flexibility index (Phi) is 4.63. The number of rotatable bonds is 4. The van der Waals surface area contributed by atoms with E-state index in [1.54, 1.807) is 0 Å². The third kappa shape index (κ3) is 3.31. The van der Waals surface area contributed by atoms with Crippen LogP contribution >= 0.6 is 23.4 Å². The second-order valence-electron chi connectivity index (χ2n) is 5.81. The fraction of sp³-hybridized carbons (Fsp3) is 0.412. The Balaban J connectivity index is 1.88. The van der Waals surface area contributed by atoms with E-state index in [1.807, 2.05) is 17.8 Å². The molecule has 0 N–H and O–H groups in total. The molecule has 4 heteroatoms. The lowest BCUT2D eigenvalue weighted by Gasteiger charge is -2.42. The maximum absolute atomic E-state index is 6.23. The number of thioether (sulfide) groups is 1. The van der Waals surface area contributed by atoms with Gasteiger partial charge in [-0.2, -0.15) is 0 Å². The minimum absolute atomic E-state index is 0.438. The molecule has 0 aromatic heterocycles. The van der Waals surface area contributed by atoms with Crippen LogP contribution in [0.25, 0.3) is 0 Å². The highest BCUT2D eigenvalue weighted by molar-refractivity contribution is 8.00. The van der Waals surface area contributed by atoms with Crippen molar-refractivity contribution in [2.24, 2.45) is 0 Å². The van der Waals surface area contributed by atoms with Gasteiger partial charge in [-0.05, 0) is 45.3 Å². The van der Waals surface area contributed by atoms with E-state index >= 15 is 0 Å². The lowest BCUT2D eigenvalue weighted by Crippen LogP contribution is -2.45. The first-order valence-electron chi connectivity index (χ1n) is 7.38. The first-order valence-corrected chi connectivity index (χ1v) is 8.63. The molecule has 21 heavy (non-hydrogen) atoms. The summed E-state index contributed by atoms with van der Waals surface area (Å²) in [6, 6.07) is 6.70. The summed E-state index contributed by atoms with van der Waals surface area (Å²) in [5, 5.41) is 1.32. The number of benzene rings is 1. The van der Waals surface area contributed by atoms with Crippen LogP contribution in [0.4, 0.5) is 5.69 Å². The van der Waals surface area contributed by atoms with E-state index in [4.69, 9.17) is 11.6 Å². The fourth-order valence-corrected chi connectivity index (χ4v) is 4.36. The number of anilines is 1. The van der Waals surface area contributed by atoms with Crippen molar-refractivity contribution in [3.63, 3.8) is 0 Å². The Morgan fingerprint density at radius 3 is 2.86 bits per heavy atom. The molecule has 0 radical (unpaired) electrons. The van der Waals surface area contributed by atoms with Gasteiger partial charge in [0.05, 0.1) is 17.0 Å². The predicted molar refractivity (Wildman–Crippen MR) is 93.7 cm³/mol. The second kappa shape index (κ2) is 6.47. The predicted octanol–water partition coefficient (Wildman–Crippen LogP) is 4.07. The normalized spacial score (nSPS) is 23.3. The summed E-state index contributed by atoms with van der Waals surface area (Å²) in [6.45, 7) is 2.17. The van der Waals surface area contributed by atoms with Gasteiger partial charge in [-0.15, -0.1) is 11.8 Å². The number of hydrogen-bond donors (Lipinski definition) is 0. The van der Waals surface area contributed by atoms with E-state index in [9.17, 15) is 0 Å². The molecule has 2 unspecified atom stereocenters. The third-order valence-corrected chi connectivity index (χ3v) is 5.46. The third-order valence-electron chi connectivity index (χ3n) is 3.91. The molecule has 1 aliphatic carbocycles. The topological polar surface area (TPSA) is 6.48 Å². The molecule has 1 heterocycles. The van der Waals surface area contributed by atoms with Crippen molar-refractivity contribution in [2.45, 2.75) is 22.6 Å². The van der Waals surface area contributed by atoms with Gasteiger partial charge in [-0.25, -0.2) is 0 Å². The van der Waals surface area contributed by atoms with Crippen molar-refractivity contribution in [3.8, 4) is 0 Å². The quantitative estimate of drug-likeness (QED) is 0.826. The zero-order valence-electron chi connectivity index (χ0n) is 12.5. The highest BCUT2D eigenvalue weighted by atomic mass is 35.5. The van der Waals surface area contributed by atoms with Crippen LogP contribution < -0.4 is 4.90 Å². The molecule has 112 valence electrons. The van der Waals surface area contributed by atoms with Crippen LogP contribution in [-0.2, 0) is 0 Å². The molecular formula is C17H21ClN2S. The van der Waals surface area contributed by atoms with E-state index in [1.165, 1.54) is 10.6 Å². The van der Waals surface area contributed by atoms with Crippen LogP contribution in [-0.4, -0.2) is 43.4 Å². The Morgan fingerprint density at radius 1 is 1.24 bits per heavy atom. The van der Waals surface area contributed by atoms with E-state index in [2.05, 4.69) is 60.3 Å². The molecule has 1 aromatic rings. The molecule has 0 amide bonds. The molecule has 0 spiro atoms. The minimum atomic E-state index is 0.438. The smallest absolute Gasteiger partial charge is 0.0634 e. The van der Waals surface area contributed by atoms with E-state index in [0.717, 1.165) is 24.5 Å². The van der Waals surface area contributed by atoms with Crippen LogP contribution in [0.5, 0.6) is 0 Å². The van der Waals surface area contributed by atoms with Gasteiger partial charge in [0.2, 0.25) is 0 Å². The van der Waals surface area contributed by atoms with Crippen LogP contribution in [0, 0.1) is 0 Å². The average molecular weight is 321 g/mol. The van der Waals surface area contributed by atoms with Crippen molar-refractivity contribution >= 4 is 29.1 Å².